The van der Waals surface area contributed by atoms with E-state index in [9.17, 15) is 4.79 Å². The van der Waals surface area contributed by atoms with Crippen molar-refractivity contribution in [3.8, 4) is 0 Å². The molecule has 2 aliphatic heterocycles. The summed E-state index contributed by atoms with van der Waals surface area (Å²) in [5.41, 5.74) is 2.19. The van der Waals surface area contributed by atoms with Crippen LogP contribution in [0.15, 0.2) is 24.3 Å². The minimum atomic E-state index is 0.0906. The number of carbonyl (C=O) groups excluding carboxylic acids is 1. The van der Waals surface area contributed by atoms with Crippen molar-refractivity contribution in [3.05, 3.63) is 30.1 Å². The van der Waals surface area contributed by atoms with Crippen LogP contribution in [0.2, 0.25) is 0 Å². The molecule has 0 unspecified atom stereocenters. The molecular formula is C21H31N5O2. The van der Waals surface area contributed by atoms with Crippen molar-refractivity contribution < 1.29 is 9.90 Å². The Bertz CT molecular complexity index is 812. The number of rotatable bonds is 5. The van der Waals surface area contributed by atoms with E-state index in [-0.39, 0.29) is 12.5 Å². The zero-order valence-corrected chi connectivity index (χ0v) is 16.8. The summed E-state index contributed by atoms with van der Waals surface area (Å²) < 4.78 is 2.17. The number of fused-ring (bicyclic) bond motifs is 1. The molecule has 28 heavy (non-hydrogen) atoms. The average Bonchev–Trinajstić information content (AvgIpc) is 3.04. The van der Waals surface area contributed by atoms with Crippen LogP contribution in [0.25, 0.3) is 11.0 Å². The maximum Gasteiger partial charge on any atom is 0.227 e. The number of aryl methyl sites for hydroxylation is 1. The SMILES string of the molecule is Cn1c(CN2CCC[C@H](C(=O)N3CCN(CCO)CC3)C2)nc2ccccc21. The maximum atomic E-state index is 13.0. The van der Waals surface area contributed by atoms with Crippen LogP contribution >= 0.6 is 0 Å². The molecule has 0 saturated carbocycles. The molecule has 7 nitrogen and oxygen atoms in total. The van der Waals surface area contributed by atoms with E-state index in [1.807, 2.05) is 17.0 Å². The third-order valence-electron chi connectivity index (χ3n) is 6.20. The van der Waals surface area contributed by atoms with Gasteiger partial charge in [-0.15, -0.1) is 0 Å². The van der Waals surface area contributed by atoms with E-state index in [0.29, 0.717) is 12.5 Å². The molecule has 0 radical (unpaired) electrons. The second-order valence-electron chi connectivity index (χ2n) is 8.04. The van der Waals surface area contributed by atoms with Gasteiger partial charge in [-0.25, -0.2) is 4.98 Å². The molecule has 0 spiro atoms. The first kappa shape index (κ1) is 19.4. The van der Waals surface area contributed by atoms with Gasteiger partial charge in [0.15, 0.2) is 0 Å². The number of carbonyl (C=O) groups is 1. The van der Waals surface area contributed by atoms with Crippen molar-refractivity contribution in [3.63, 3.8) is 0 Å². The summed E-state index contributed by atoms with van der Waals surface area (Å²) in [6.45, 7) is 6.81. The summed E-state index contributed by atoms with van der Waals surface area (Å²) in [5, 5.41) is 9.08. The quantitative estimate of drug-likeness (QED) is 0.829. The molecule has 7 heteroatoms. The van der Waals surface area contributed by atoms with Crippen LogP contribution in [0.1, 0.15) is 18.7 Å². The number of benzene rings is 1. The maximum absolute atomic E-state index is 13.0. The van der Waals surface area contributed by atoms with Gasteiger partial charge < -0.3 is 14.6 Å². The largest absolute Gasteiger partial charge is 0.395 e. The Hall–Kier alpha value is -1.96. The second kappa shape index (κ2) is 8.59. The Labute approximate surface area is 166 Å². The van der Waals surface area contributed by atoms with Gasteiger partial charge in [-0.05, 0) is 31.5 Å². The van der Waals surface area contributed by atoms with E-state index in [2.05, 4.69) is 33.5 Å². The lowest BCUT2D eigenvalue weighted by molar-refractivity contribution is -0.139. The first-order chi connectivity index (χ1) is 13.7. The Morgan fingerprint density at radius 1 is 1.14 bits per heavy atom. The normalized spacial score (nSPS) is 22.1. The van der Waals surface area contributed by atoms with E-state index < -0.39 is 0 Å². The number of hydrogen-bond donors (Lipinski definition) is 1. The monoisotopic (exact) mass is 385 g/mol. The van der Waals surface area contributed by atoms with Gasteiger partial charge in [-0.3, -0.25) is 14.6 Å². The number of imidazole rings is 1. The van der Waals surface area contributed by atoms with Gasteiger partial charge in [0.1, 0.15) is 5.82 Å². The molecule has 1 aromatic heterocycles. The van der Waals surface area contributed by atoms with Crippen LogP contribution < -0.4 is 0 Å². The number of aromatic nitrogens is 2. The van der Waals surface area contributed by atoms with Crippen molar-refractivity contribution >= 4 is 16.9 Å². The van der Waals surface area contributed by atoms with Crippen LogP contribution in [-0.2, 0) is 18.4 Å². The molecule has 2 aromatic rings. The van der Waals surface area contributed by atoms with Crippen LogP contribution in [-0.4, -0.2) is 87.7 Å². The van der Waals surface area contributed by atoms with E-state index in [1.54, 1.807) is 0 Å². The van der Waals surface area contributed by atoms with Gasteiger partial charge in [0, 0.05) is 46.3 Å². The summed E-state index contributed by atoms with van der Waals surface area (Å²) in [6, 6.07) is 8.22. The predicted octanol–water partition coefficient (Wildman–Crippen LogP) is 0.922. The Morgan fingerprint density at radius 2 is 1.93 bits per heavy atom. The van der Waals surface area contributed by atoms with Crippen molar-refractivity contribution in [2.24, 2.45) is 13.0 Å². The lowest BCUT2D eigenvalue weighted by Gasteiger charge is -2.38. The van der Waals surface area contributed by atoms with Crippen LogP contribution in [0, 0.1) is 5.92 Å². The van der Waals surface area contributed by atoms with Gasteiger partial charge in [0.2, 0.25) is 5.91 Å². The highest BCUT2D eigenvalue weighted by atomic mass is 16.3. The first-order valence-corrected chi connectivity index (χ1v) is 10.4. The highest BCUT2D eigenvalue weighted by Crippen LogP contribution is 2.22. The number of piperidine rings is 1. The number of para-hydroxylation sites is 2. The van der Waals surface area contributed by atoms with E-state index in [1.165, 1.54) is 0 Å². The zero-order valence-electron chi connectivity index (χ0n) is 16.8. The molecule has 0 aliphatic carbocycles. The fourth-order valence-electron chi connectivity index (χ4n) is 4.53. The highest BCUT2D eigenvalue weighted by molar-refractivity contribution is 5.79. The van der Waals surface area contributed by atoms with E-state index in [4.69, 9.17) is 10.1 Å². The molecule has 152 valence electrons. The van der Waals surface area contributed by atoms with E-state index in [0.717, 1.165) is 75.5 Å². The van der Waals surface area contributed by atoms with Gasteiger partial charge in [-0.1, -0.05) is 12.1 Å². The summed E-state index contributed by atoms with van der Waals surface area (Å²) >= 11 is 0. The molecule has 2 saturated heterocycles. The third-order valence-corrected chi connectivity index (χ3v) is 6.20. The average molecular weight is 386 g/mol. The molecule has 2 fully saturated rings. The topological polar surface area (TPSA) is 64.8 Å². The number of hydrogen-bond acceptors (Lipinski definition) is 5. The van der Waals surface area contributed by atoms with Crippen molar-refractivity contribution in [2.45, 2.75) is 19.4 Å². The molecule has 1 amide bonds. The van der Waals surface area contributed by atoms with Gasteiger partial charge >= 0.3 is 0 Å². The number of likely N-dealkylation sites (tertiary alicyclic amines) is 1. The Kier molecular flexibility index (Phi) is 5.94. The van der Waals surface area contributed by atoms with Crippen LogP contribution in [0.3, 0.4) is 0 Å². The van der Waals surface area contributed by atoms with E-state index >= 15 is 0 Å². The number of aliphatic hydroxyl groups excluding tert-OH is 1. The molecule has 0 bridgehead atoms. The zero-order chi connectivity index (χ0) is 19.5. The second-order valence-corrected chi connectivity index (χ2v) is 8.04. The van der Waals surface area contributed by atoms with Crippen molar-refractivity contribution in [2.75, 3.05) is 52.4 Å². The standard InChI is InChI=1S/C21H31N5O2/c1-23-19-7-3-2-6-18(19)22-20(23)16-25-8-4-5-17(15-25)21(28)26-11-9-24(10-12-26)13-14-27/h2-3,6-7,17,27H,4-5,8-16H2,1H3/t17-/m0/s1. The number of amides is 1. The number of β-amino-alcohol motifs (C(OH)–C–C–N with tert-alkyl or cyclic N) is 1. The summed E-state index contributed by atoms with van der Waals surface area (Å²) in [6.07, 6.45) is 2.04. The summed E-state index contributed by atoms with van der Waals surface area (Å²) in [5.74, 6) is 1.46. The molecule has 1 N–H and O–H groups in total. The smallest absolute Gasteiger partial charge is 0.227 e. The Morgan fingerprint density at radius 3 is 2.68 bits per heavy atom. The van der Waals surface area contributed by atoms with Crippen molar-refractivity contribution in [1.82, 2.24) is 24.3 Å². The molecule has 1 aromatic carbocycles. The van der Waals surface area contributed by atoms with Gasteiger partial charge in [0.05, 0.1) is 30.1 Å². The van der Waals surface area contributed by atoms with Crippen LogP contribution in [0.4, 0.5) is 0 Å². The molecule has 1 atom stereocenters. The summed E-state index contributed by atoms with van der Waals surface area (Å²) in [4.78, 5) is 24.5. The minimum Gasteiger partial charge on any atom is -0.395 e. The van der Waals surface area contributed by atoms with Gasteiger partial charge in [0.25, 0.3) is 0 Å². The predicted molar refractivity (Wildman–Crippen MR) is 109 cm³/mol. The molecule has 4 rings (SSSR count). The lowest BCUT2D eigenvalue weighted by atomic mass is 9.96. The molecule has 2 aliphatic rings. The lowest BCUT2D eigenvalue weighted by Crippen LogP contribution is -2.52. The number of aliphatic hydroxyl groups is 1. The number of nitrogens with zero attached hydrogens (tertiary/aromatic N) is 5. The molecular weight excluding hydrogens is 354 g/mol. The first-order valence-electron chi connectivity index (χ1n) is 10.4. The Balaban J connectivity index is 1.36. The van der Waals surface area contributed by atoms with Crippen molar-refractivity contribution in [1.29, 1.82) is 0 Å². The number of piperazine rings is 1. The van der Waals surface area contributed by atoms with Crippen LogP contribution in [0.5, 0.6) is 0 Å². The summed E-state index contributed by atoms with van der Waals surface area (Å²) in [7, 11) is 2.07. The third kappa shape index (κ3) is 4.06. The molecule has 3 heterocycles. The fourth-order valence-corrected chi connectivity index (χ4v) is 4.53. The van der Waals surface area contributed by atoms with Gasteiger partial charge in [-0.2, -0.15) is 0 Å². The highest BCUT2D eigenvalue weighted by Gasteiger charge is 2.31. The minimum absolute atomic E-state index is 0.0906. The fraction of sp³-hybridized carbons (Fsp3) is 0.619.